The molecule has 0 radical (unpaired) electrons. The number of ether oxygens (including phenoxy) is 2. The van der Waals surface area contributed by atoms with E-state index in [2.05, 4.69) is 14.6 Å². The number of hydrogen-bond acceptors (Lipinski definition) is 6. The van der Waals surface area contributed by atoms with Crippen LogP contribution in [0.15, 0.2) is 35.2 Å². The summed E-state index contributed by atoms with van der Waals surface area (Å²) in [5.41, 5.74) is -0.256. The number of aromatic nitrogens is 1. The lowest BCUT2D eigenvalue weighted by Gasteiger charge is -2.35. The molecule has 2 aromatic rings. The molecule has 31 heavy (non-hydrogen) atoms. The molecule has 1 aliphatic heterocycles. The predicted molar refractivity (Wildman–Crippen MR) is 118 cm³/mol. The molecule has 1 saturated heterocycles. The molecule has 2 heterocycles. The van der Waals surface area contributed by atoms with E-state index in [1.54, 1.807) is 25.2 Å². The maximum absolute atomic E-state index is 13.9. The van der Waals surface area contributed by atoms with Crippen molar-refractivity contribution in [1.29, 1.82) is 0 Å². The third-order valence-electron chi connectivity index (χ3n) is 4.69. The van der Waals surface area contributed by atoms with Crippen molar-refractivity contribution in [3.63, 3.8) is 0 Å². The Labute approximate surface area is 185 Å². The van der Waals surface area contributed by atoms with Crippen LogP contribution in [0.5, 0.6) is 5.88 Å². The van der Waals surface area contributed by atoms with Crippen LogP contribution in [0, 0.1) is 0 Å². The van der Waals surface area contributed by atoms with Crippen LogP contribution in [0.1, 0.15) is 33.3 Å². The molecule has 170 valence electrons. The molecular weight excluding hydrogens is 427 g/mol. The van der Waals surface area contributed by atoms with E-state index in [1.807, 2.05) is 27.7 Å². The highest BCUT2D eigenvalue weighted by molar-refractivity contribution is 7.97. The first-order chi connectivity index (χ1) is 14.5. The van der Waals surface area contributed by atoms with Gasteiger partial charge < -0.3 is 14.4 Å². The van der Waals surface area contributed by atoms with E-state index < -0.39 is 17.3 Å². The highest BCUT2D eigenvalue weighted by Gasteiger charge is 2.35. The summed E-state index contributed by atoms with van der Waals surface area (Å²) in [5, 5.41) is 0. The number of halogens is 3. The summed E-state index contributed by atoms with van der Waals surface area (Å²) in [7, 11) is 1.66. The van der Waals surface area contributed by atoms with Gasteiger partial charge in [0.15, 0.2) is 0 Å². The Morgan fingerprint density at radius 3 is 2.55 bits per heavy atom. The van der Waals surface area contributed by atoms with Crippen LogP contribution < -0.4 is 14.4 Å². The molecule has 5 nitrogen and oxygen atoms in total. The molecular formula is C22H28F3N3O2S. The van der Waals surface area contributed by atoms with Gasteiger partial charge in [0.1, 0.15) is 5.60 Å². The third-order valence-corrected chi connectivity index (χ3v) is 5.38. The Bertz CT molecular complexity index is 916. The van der Waals surface area contributed by atoms with Crippen molar-refractivity contribution in [3.8, 4) is 17.1 Å². The SMILES string of the molecule is CNSc1ccc(-c2cc(N3CCOCC3C)cc(OC(C)(C)C)n2)c(C(F)(F)F)c1. The van der Waals surface area contributed by atoms with Gasteiger partial charge in [0, 0.05) is 34.8 Å². The monoisotopic (exact) mass is 455 g/mol. The van der Waals surface area contributed by atoms with E-state index in [0.717, 1.165) is 23.7 Å². The number of rotatable bonds is 5. The van der Waals surface area contributed by atoms with Gasteiger partial charge in [-0.2, -0.15) is 13.2 Å². The van der Waals surface area contributed by atoms with Crippen molar-refractivity contribution < 1.29 is 22.6 Å². The summed E-state index contributed by atoms with van der Waals surface area (Å²) in [6.07, 6.45) is -4.52. The molecule has 1 aromatic heterocycles. The van der Waals surface area contributed by atoms with E-state index in [-0.39, 0.29) is 17.3 Å². The second-order valence-corrected chi connectivity index (χ2v) is 9.48. The summed E-state index contributed by atoms with van der Waals surface area (Å²) in [5.74, 6) is 0.292. The van der Waals surface area contributed by atoms with Gasteiger partial charge in [-0.05, 0) is 64.9 Å². The molecule has 9 heteroatoms. The zero-order chi connectivity index (χ0) is 22.8. The van der Waals surface area contributed by atoms with Crippen molar-refractivity contribution >= 4 is 17.6 Å². The number of alkyl halides is 3. The number of morpholine rings is 1. The summed E-state index contributed by atoms with van der Waals surface area (Å²) >= 11 is 1.13. The van der Waals surface area contributed by atoms with Gasteiger partial charge in [-0.25, -0.2) is 4.98 Å². The van der Waals surface area contributed by atoms with Crippen LogP contribution in [-0.4, -0.2) is 43.4 Å². The number of pyridine rings is 1. The minimum atomic E-state index is -4.52. The molecule has 1 fully saturated rings. The van der Waals surface area contributed by atoms with Gasteiger partial charge in [-0.1, -0.05) is 6.07 Å². The molecule has 0 spiro atoms. The van der Waals surface area contributed by atoms with Crippen LogP contribution in [-0.2, 0) is 10.9 Å². The average Bonchev–Trinajstić information content (AvgIpc) is 2.66. The van der Waals surface area contributed by atoms with Crippen molar-refractivity contribution in [2.45, 2.75) is 50.4 Å². The first-order valence-corrected chi connectivity index (χ1v) is 10.9. The van der Waals surface area contributed by atoms with Crippen molar-refractivity contribution in [3.05, 3.63) is 35.9 Å². The normalized spacial score (nSPS) is 17.7. The summed E-state index contributed by atoms with van der Waals surface area (Å²) in [4.78, 5) is 7.04. The quantitative estimate of drug-likeness (QED) is 0.610. The van der Waals surface area contributed by atoms with Crippen molar-refractivity contribution in [2.75, 3.05) is 31.7 Å². The molecule has 0 aliphatic carbocycles. The van der Waals surface area contributed by atoms with Crippen LogP contribution in [0.2, 0.25) is 0 Å². The van der Waals surface area contributed by atoms with Crippen molar-refractivity contribution in [2.24, 2.45) is 0 Å². The fourth-order valence-electron chi connectivity index (χ4n) is 3.43. The zero-order valence-corrected chi connectivity index (χ0v) is 19.2. The highest BCUT2D eigenvalue weighted by atomic mass is 32.2. The smallest absolute Gasteiger partial charge is 0.417 e. The minimum absolute atomic E-state index is 0.0227. The highest BCUT2D eigenvalue weighted by Crippen LogP contribution is 2.40. The number of nitrogens with one attached hydrogen (secondary N) is 1. The maximum atomic E-state index is 13.9. The Kier molecular flexibility index (Phi) is 7.08. The summed E-state index contributed by atoms with van der Waals surface area (Å²) in [6.45, 7) is 9.41. The molecule has 0 amide bonds. The van der Waals surface area contributed by atoms with E-state index in [1.165, 1.54) is 6.07 Å². The predicted octanol–water partition coefficient (Wildman–Crippen LogP) is 5.40. The fraction of sp³-hybridized carbons (Fsp3) is 0.500. The Morgan fingerprint density at radius 2 is 1.94 bits per heavy atom. The van der Waals surface area contributed by atoms with Crippen LogP contribution in [0.3, 0.4) is 0 Å². The number of nitrogens with zero attached hydrogens (tertiary/aromatic N) is 2. The van der Waals surface area contributed by atoms with E-state index in [0.29, 0.717) is 30.5 Å². The lowest BCUT2D eigenvalue weighted by atomic mass is 10.0. The van der Waals surface area contributed by atoms with Crippen LogP contribution in [0.25, 0.3) is 11.3 Å². The first kappa shape index (κ1) is 23.7. The molecule has 1 atom stereocenters. The van der Waals surface area contributed by atoms with Gasteiger partial charge in [-0.15, -0.1) is 0 Å². The Morgan fingerprint density at radius 1 is 1.19 bits per heavy atom. The molecule has 1 N–H and O–H groups in total. The van der Waals surface area contributed by atoms with Gasteiger partial charge in [-0.3, -0.25) is 4.72 Å². The Balaban J connectivity index is 2.15. The fourth-order valence-corrected chi connectivity index (χ4v) is 3.98. The van der Waals surface area contributed by atoms with Crippen LogP contribution in [0.4, 0.5) is 18.9 Å². The van der Waals surface area contributed by atoms with E-state index in [9.17, 15) is 13.2 Å². The molecule has 1 aliphatic rings. The topological polar surface area (TPSA) is 46.6 Å². The zero-order valence-electron chi connectivity index (χ0n) is 18.3. The number of anilines is 1. The van der Waals surface area contributed by atoms with Gasteiger partial charge in [0.25, 0.3) is 0 Å². The largest absolute Gasteiger partial charge is 0.472 e. The lowest BCUT2D eigenvalue weighted by molar-refractivity contribution is -0.137. The summed E-state index contributed by atoms with van der Waals surface area (Å²) in [6, 6.07) is 7.84. The number of benzene rings is 1. The van der Waals surface area contributed by atoms with Crippen molar-refractivity contribution in [1.82, 2.24) is 9.71 Å². The molecule has 1 unspecified atom stereocenters. The second kappa shape index (κ2) is 9.26. The molecule has 0 bridgehead atoms. The summed E-state index contributed by atoms with van der Waals surface area (Å²) < 4.78 is 56.1. The first-order valence-electron chi connectivity index (χ1n) is 10.1. The third kappa shape index (κ3) is 6.05. The van der Waals surface area contributed by atoms with Crippen LogP contribution >= 0.6 is 11.9 Å². The van der Waals surface area contributed by atoms with Gasteiger partial charge >= 0.3 is 6.18 Å². The van der Waals surface area contributed by atoms with E-state index >= 15 is 0 Å². The minimum Gasteiger partial charge on any atom is -0.472 e. The lowest BCUT2D eigenvalue weighted by Crippen LogP contribution is -2.43. The number of hydrogen-bond donors (Lipinski definition) is 1. The maximum Gasteiger partial charge on any atom is 0.417 e. The molecule has 3 rings (SSSR count). The standard InChI is InChI=1S/C22H28F3N3O2S/c1-14-13-29-9-8-28(14)15-10-19(27-20(11-15)30-21(2,3)4)17-7-6-16(31-26-5)12-18(17)22(23,24)25/h6-7,10-12,14,26H,8-9,13H2,1-5H3. The molecule has 1 aromatic carbocycles. The van der Waals surface area contributed by atoms with Gasteiger partial charge in [0.05, 0.1) is 24.5 Å². The van der Waals surface area contributed by atoms with Gasteiger partial charge in [0.2, 0.25) is 5.88 Å². The second-order valence-electron chi connectivity index (χ2n) is 8.39. The molecule has 0 saturated carbocycles. The average molecular weight is 456 g/mol. The van der Waals surface area contributed by atoms with E-state index in [4.69, 9.17) is 9.47 Å². The Hall–Kier alpha value is -1.97.